The molecule has 3 saturated heterocycles. The van der Waals surface area contributed by atoms with Gasteiger partial charge in [0.15, 0.2) is 24.6 Å². The molecule has 54 heavy (non-hydrogen) atoms. The van der Waals surface area contributed by atoms with Crippen LogP contribution in [0.5, 0.6) is 23.0 Å². The Morgan fingerprint density at radius 3 is 2.00 bits per heavy atom. The lowest BCUT2D eigenvalue weighted by molar-refractivity contribution is -0.368. The number of phenolic OH excluding ortho intramolecular Hbond substituents is 3. The number of aliphatic hydroxyl groups excluding tert-OH is 6. The van der Waals surface area contributed by atoms with Gasteiger partial charge in [-0.3, -0.25) is 4.79 Å². The molecule has 0 radical (unpaired) electrons. The monoisotopic (exact) mass is 764 g/mol. The highest BCUT2D eigenvalue weighted by molar-refractivity contribution is 5.88. The number of carbonyl (C=O) groups is 2. The Morgan fingerprint density at radius 2 is 1.35 bits per heavy atom. The molecule has 3 aliphatic rings. The van der Waals surface area contributed by atoms with Crippen LogP contribution in [-0.2, 0) is 33.3 Å². The molecule has 0 unspecified atom stereocenters. The van der Waals surface area contributed by atoms with Gasteiger partial charge in [-0.05, 0) is 38.1 Å². The summed E-state index contributed by atoms with van der Waals surface area (Å²) in [5, 5.41) is 92.5. The number of rotatable bonds is 10. The number of benzene rings is 2. The molecule has 2 aromatic carbocycles. The Morgan fingerprint density at radius 1 is 0.722 bits per heavy atom. The maximum atomic E-state index is 13.9. The average Bonchev–Trinajstić information content (AvgIpc) is 3.13. The third-order valence-electron chi connectivity index (χ3n) is 9.76. The zero-order valence-electron chi connectivity index (χ0n) is 28.6. The standard InChI is InChI=1S/C35H40O19/c1-12-28(52-32-23(42)22-19(41)7-16(40)8-20(22)50-30(32)14-3-5-15(39)6-4-14)17(9-36)18(10-37)34(49-12)54-31-21(11-38)51-35(27(46)25(31)44)53-29-13(2)48-33(47)26(45)24(29)43/h3-10,12-13,17-18,21,24-29,31,33-35,38-41,43-47H,11H2,1-2H3/t12-,13-,17+,18-,21-,24+,25-,26-,27-,28+,29+,31-,33-,34+,35+/m1/s1. The van der Waals surface area contributed by atoms with Crippen LogP contribution in [0.2, 0.25) is 0 Å². The van der Waals surface area contributed by atoms with Gasteiger partial charge >= 0.3 is 0 Å². The summed E-state index contributed by atoms with van der Waals surface area (Å²) >= 11 is 0. The van der Waals surface area contributed by atoms with Crippen molar-refractivity contribution in [3.05, 3.63) is 46.6 Å². The third kappa shape index (κ3) is 7.28. The van der Waals surface area contributed by atoms with E-state index in [4.69, 9.17) is 32.8 Å². The smallest absolute Gasteiger partial charge is 0.239 e. The molecule has 0 bridgehead atoms. The topological polar surface area (TPSA) is 302 Å². The average molecular weight is 765 g/mol. The largest absolute Gasteiger partial charge is 0.508 e. The molecular weight excluding hydrogens is 724 g/mol. The van der Waals surface area contributed by atoms with Gasteiger partial charge < -0.3 is 88.4 Å². The highest BCUT2D eigenvalue weighted by Gasteiger charge is 2.53. The summed E-state index contributed by atoms with van der Waals surface area (Å²) in [5.41, 5.74) is -0.926. The van der Waals surface area contributed by atoms with E-state index in [2.05, 4.69) is 0 Å². The van der Waals surface area contributed by atoms with E-state index in [0.29, 0.717) is 12.6 Å². The van der Waals surface area contributed by atoms with Gasteiger partial charge in [0, 0.05) is 17.7 Å². The molecule has 3 fully saturated rings. The van der Waals surface area contributed by atoms with Crippen LogP contribution in [-0.4, -0.2) is 145 Å². The van der Waals surface area contributed by atoms with Crippen molar-refractivity contribution < 1.29 is 88.4 Å². The SMILES string of the molecule is C[C@H]1O[C@@H](O)[C@H](O)[C@H](O)[C@H]1O[C@@H]1O[C@H](CO)[C@@H](O[C@@H]2O[C@H](C)[C@H](Oc3c(-c4ccc(O)cc4)oc4cc(O)cc(O)c4c3=O)[C@@H](C=O)[C@H]2C=O)[C@H](O)[C@H]1O. The number of hydrogen-bond donors (Lipinski definition) is 9. The summed E-state index contributed by atoms with van der Waals surface area (Å²) in [5.74, 6) is -4.80. The Bertz CT molecular complexity index is 1860. The van der Waals surface area contributed by atoms with Crippen LogP contribution < -0.4 is 10.2 Å². The highest BCUT2D eigenvalue weighted by atomic mass is 16.7. The number of carbonyl (C=O) groups excluding carboxylic acids is 2. The fourth-order valence-corrected chi connectivity index (χ4v) is 6.88. The van der Waals surface area contributed by atoms with Crippen molar-refractivity contribution in [1.82, 2.24) is 0 Å². The molecule has 0 amide bonds. The first-order valence-corrected chi connectivity index (χ1v) is 16.9. The van der Waals surface area contributed by atoms with Crippen LogP contribution in [0.25, 0.3) is 22.3 Å². The predicted octanol–water partition coefficient (Wildman–Crippen LogP) is -1.63. The molecule has 19 heteroatoms. The highest BCUT2D eigenvalue weighted by Crippen LogP contribution is 2.40. The minimum atomic E-state index is -1.92. The molecule has 6 rings (SSSR count). The second-order valence-electron chi connectivity index (χ2n) is 13.3. The molecule has 9 N–H and O–H groups in total. The van der Waals surface area contributed by atoms with E-state index >= 15 is 0 Å². The summed E-state index contributed by atoms with van der Waals surface area (Å²) in [6.45, 7) is 1.99. The van der Waals surface area contributed by atoms with Crippen molar-refractivity contribution in [3.8, 4) is 34.3 Å². The molecule has 294 valence electrons. The Labute approximate surface area is 305 Å². The maximum Gasteiger partial charge on any atom is 0.239 e. The number of fused-ring (bicyclic) bond motifs is 1. The summed E-state index contributed by atoms with van der Waals surface area (Å²) in [6, 6.07) is 7.38. The van der Waals surface area contributed by atoms with Gasteiger partial charge in [-0.15, -0.1) is 0 Å². The summed E-state index contributed by atoms with van der Waals surface area (Å²) in [6.07, 6.45) is -19.7. The van der Waals surface area contributed by atoms with E-state index < -0.39 is 121 Å². The van der Waals surface area contributed by atoms with Crippen molar-refractivity contribution in [1.29, 1.82) is 0 Å². The van der Waals surface area contributed by atoms with Crippen molar-refractivity contribution >= 4 is 23.5 Å². The summed E-state index contributed by atoms with van der Waals surface area (Å²) in [7, 11) is 0. The Kier molecular flexibility index (Phi) is 11.6. The maximum absolute atomic E-state index is 13.9. The predicted molar refractivity (Wildman–Crippen MR) is 177 cm³/mol. The van der Waals surface area contributed by atoms with E-state index in [-0.39, 0.29) is 28.0 Å². The van der Waals surface area contributed by atoms with E-state index in [1.807, 2.05) is 0 Å². The first kappa shape index (κ1) is 39.4. The molecule has 0 saturated carbocycles. The molecule has 1 aromatic heterocycles. The zero-order valence-corrected chi connectivity index (χ0v) is 28.6. The van der Waals surface area contributed by atoms with Gasteiger partial charge in [-0.25, -0.2) is 0 Å². The van der Waals surface area contributed by atoms with Gasteiger partial charge in [0.05, 0.1) is 30.7 Å². The van der Waals surface area contributed by atoms with Crippen molar-refractivity contribution in [2.45, 2.75) is 93.8 Å². The number of aliphatic hydroxyl groups is 6. The number of phenols is 3. The van der Waals surface area contributed by atoms with Crippen LogP contribution >= 0.6 is 0 Å². The zero-order chi connectivity index (χ0) is 39.2. The van der Waals surface area contributed by atoms with Gasteiger partial charge in [0.1, 0.15) is 89.6 Å². The van der Waals surface area contributed by atoms with Crippen LogP contribution in [0.4, 0.5) is 0 Å². The normalized spacial score (nSPS) is 37.1. The second-order valence-corrected chi connectivity index (χ2v) is 13.3. The fourth-order valence-electron chi connectivity index (χ4n) is 6.88. The van der Waals surface area contributed by atoms with Crippen LogP contribution in [0, 0.1) is 11.8 Å². The number of aromatic hydroxyl groups is 3. The minimum Gasteiger partial charge on any atom is -0.508 e. The van der Waals surface area contributed by atoms with E-state index in [1.165, 1.54) is 38.1 Å². The lowest BCUT2D eigenvalue weighted by Crippen LogP contribution is -2.65. The van der Waals surface area contributed by atoms with Crippen molar-refractivity contribution in [2.24, 2.45) is 11.8 Å². The molecule has 3 aliphatic heterocycles. The lowest BCUT2D eigenvalue weighted by atomic mass is 9.83. The molecule has 0 spiro atoms. The van der Waals surface area contributed by atoms with Gasteiger partial charge in [0.2, 0.25) is 11.2 Å². The minimum absolute atomic E-state index is 0.116. The lowest BCUT2D eigenvalue weighted by Gasteiger charge is -2.48. The first-order valence-electron chi connectivity index (χ1n) is 16.9. The van der Waals surface area contributed by atoms with Crippen molar-refractivity contribution in [2.75, 3.05) is 6.61 Å². The second kappa shape index (κ2) is 15.8. The summed E-state index contributed by atoms with van der Waals surface area (Å²) < 4.78 is 40.3. The Hall–Kier alpha value is -4.25. The van der Waals surface area contributed by atoms with Gasteiger partial charge in [-0.2, -0.15) is 0 Å². The molecule has 4 heterocycles. The van der Waals surface area contributed by atoms with Gasteiger partial charge in [-0.1, -0.05) is 0 Å². The number of ether oxygens (including phenoxy) is 6. The molecule has 0 aliphatic carbocycles. The van der Waals surface area contributed by atoms with Crippen LogP contribution in [0.3, 0.4) is 0 Å². The van der Waals surface area contributed by atoms with E-state index in [0.717, 1.165) is 12.1 Å². The summed E-state index contributed by atoms with van der Waals surface area (Å²) in [4.78, 5) is 39.1. The van der Waals surface area contributed by atoms with Crippen molar-refractivity contribution in [3.63, 3.8) is 0 Å². The first-order chi connectivity index (χ1) is 25.7. The quantitative estimate of drug-likeness (QED) is 0.105. The third-order valence-corrected chi connectivity index (χ3v) is 9.76. The Balaban J connectivity index is 1.26. The van der Waals surface area contributed by atoms with Crippen LogP contribution in [0.15, 0.2) is 45.6 Å². The van der Waals surface area contributed by atoms with E-state index in [1.54, 1.807) is 0 Å². The molecule has 3 aromatic rings. The molecule has 15 atom stereocenters. The van der Waals surface area contributed by atoms with E-state index in [9.17, 15) is 60.3 Å². The number of aldehydes is 2. The molecular formula is C35H40O19. The number of hydrogen-bond acceptors (Lipinski definition) is 19. The van der Waals surface area contributed by atoms with Gasteiger partial charge in [0.25, 0.3) is 0 Å². The fraction of sp³-hybridized carbons (Fsp3) is 0.514. The van der Waals surface area contributed by atoms with Crippen LogP contribution in [0.1, 0.15) is 13.8 Å². The molecule has 19 nitrogen and oxygen atoms in total.